The van der Waals surface area contributed by atoms with Crippen molar-refractivity contribution in [1.29, 1.82) is 5.26 Å². The highest BCUT2D eigenvalue weighted by Gasteiger charge is 2.04. The molecule has 0 fully saturated rings. The van der Waals surface area contributed by atoms with E-state index >= 15 is 0 Å². The quantitative estimate of drug-likeness (QED) is 0.841. The van der Waals surface area contributed by atoms with Crippen molar-refractivity contribution >= 4 is 0 Å². The predicted octanol–water partition coefficient (Wildman–Crippen LogP) is 2.26. The van der Waals surface area contributed by atoms with E-state index in [-0.39, 0.29) is 17.9 Å². The summed E-state index contributed by atoms with van der Waals surface area (Å²) in [6, 6.07) is 13.2. The summed E-state index contributed by atoms with van der Waals surface area (Å²) in [6.45, 7) is 2.38. The maximum atomic E-state index is 11.9. The van der Waals surface area contributed by atoms with Crippen molar-refractivity contribution in [2.45, 2.75) is 20.1 Å². The Morgan fingerprint density at radius 1 is 1.26 bits per heavy atom. The Morgan fingerprint density at radius 2 is 2.00 bits per heavy atom. The van der Waals surface area contributed by atoms with E-state index in [0.717, 1.165) is 5.56 Å². The van der Waals surface area contributed by atoms with Crippen molar-refractivity contribution < 1.29 is 4.74 Å². The summed E-state index contributed by atoms with van der Waals surface area (Å²) in [7, 11) is 0. The standard InChI is InChI=1S/C15H14N2O2/c1-12-4-6-13(7-5-12)11-19-14-3-2-9-17(10-8-16)15(14)18/h2-7,9H,10-11H2,1H3. The SMILES string of the molecule is Cc1ccc(COc2cccn(CC#N)c2=O)cc1. The number of rotatable bonds is 4. The van der Waals surface area contributed by atoms with Gasteiger partial charge in [-0.3, -0.25) is 9.36 Å². The maximum Gasteiger partial charge on any atom is 0.293 e. The second-order valence-electron chi connectivity index (χ2n) is 4.24. The van der Waals surface area contributed by atoms with Gasteiger partial charge in [0.25, 0.3) is 5.56 Å². The van der Waals surface area contributed by atoms with E-state index in [1.54, 1.807) is 18.3 Å². The van der Waals surface area contributed by atoms with E-state index in [0.29, 0.717) is 6.61 Å². The van der Waals surface area contributed by atoms with Gasteiger partial charge in [0.05, 0.1) is 6.07 Å². The Kier molecular flexibility index (Phi) is 3.99. The first kappa shape index (κ1) is 12.9. The molecule has 19 heavy (non-hydrogen) atoms. The number of benzene rings is 1. The van der Waals surface area contributed by atoms with Crippen LogP contribution in [0.2, 0.25) is 0 Å². The fourth-order valence-electron chi connectivity index (χ4n) is 1.67. The second kappa shape index (κ2) is 5.87. The molecule has 1 aromatic carbocycles. The zero-order chi connectivity index (χ0) is 13.7. The van der Waals surface area contributed by atoms with Gasteiger partial charge in [-0.15, -0.1) is 0 Å². The normalized spacial score (nSPS) is 9.89. The molecule has 4 nitrogen and oxygen atoms in total. The molecule has 0 unspecified atom stereocenters. The van der Waals surface area contributed by atoms with Crippen molar-refractivity contribution in [3.63, 3.8) is 0 Å². The number of hydrogen-bond donors (Lipinski definition) is 0. The van der Waals surface area contributed by atoms with Crippen LogP contribution in [0.3, 0.4) is 0 Å². The van der Waals surface area contributed by atoms with Gasteiger partial charge >= 0.3 is 0 Å². The monoisotopic (exact) mass is 254 g/mol. The lowest BCUT2D eigenvalue weighted by molar-refractivity contribution is 0.299. The van der Waals surface area contributed by atoms with E-state index in [4.69, 9.17) is 10.00 Å². The fraction of sp³-hybridized carbons (Fsp3) is 0.200. The van der Waals surface area contributed by atoms with Gasteiger partial charge in [0, 0.05) is 6.20 Å². The molecule has 0 atom stereocenters. The summed E-state index contributed by atoms with van der Waals surface area (Å²) in [4.78, 5) is 11.9. The van der Waals surface area contributed by atoms with E-state index in [1.807, 2.05) is 37.3 Å². The Hall–Kier alpha value is -2.54. The molecule has 0 aliphatic heterocycles. The molecule has 0 N–H and O–H groups in total. The van der Waals surface area contributed by atoms with E-state index in [2.05, 4.69) is 0 Å². The van der Waals surface area contributed by atoms with Crippen molar-refractivity contribution in [1.82, 2.24) is 4.57 Å². The zero-order valence-electron chi connectivity index (χ0n) is 10.7. The van der Waals surface area contributed by atoms with Crippen LogP contribution in [-0.2, 0) is 13.2 Å². The minimum atomic E-state index is -0.281. The first-order chi connectivity index (χ1) is 9.20. The highest BCUT2D eigenvalue weighted by atomic mass is 16.5. The number of nitriles is 1. The first-order valence-electron chi connectivity index (χ1n) is 5.95. The molecule has 4 heteroatoms. The molecular formula is C15H14N2O2. The lowest BCUT2D eigenvalue weighted by atomic mass is 10.2. The summed E-state index contributed by atoms with van der Waals surface area (Å²) in [5.41, 5.74) is 1.90. The molecule has 0 bridgehead atoms. The average Bonchev–Trinajstić information content (AvgIpc) is 2.42. The van der Waals surface area contributed by atoms with Crippen LogP contribution in [0.25, 0.3) is 0 Å². The number of aryl methyl sites for hydroxylation is 1. The molecule has 96 valence electrons. The average molecular weight is 254 g/mol. The Bertz CT molecular complexity index is 651. The van der Waals surface area contributed by atoms with Crippen LogP contribution >= 0.6 is 0 Å². The van der Waals surface area contributed by atoms with Gasteiger partial charge in [0.1, 0.15) is 13.2 Å². The van der Waals surface area contributed by atoms with Gasteiger partial charge in [-0.25, -0.2) is 0 Å². The number of hydrogen-bond acceptors (Lipinski definition) is 3. The van der Waals surface area contributed by atoms with Crippen molar-refractivity contribution in [2.75, 3.05) is 0 Å². The van der Waals surface area contributed by atoms with Crippen LogP contribution in [0.5, 0.6) is 5.75 Å². The molecule has 0 spiro atoms. The summed E-state index contributed by atoms with van der Waals surface area (Å²) in [6.07, 6.45) is 1.57. The highest BCUT2D eigenvalue weighted by Crippen LogP contribution is 2.08. The molecule has 0 saturated carbocycles. The third-order valence-electron chi connectivity index (χ3n) is 2.74. The van der Waals surface area contributed by atoms with Crippen LogP contribution in [0.1, 0.15) is 11.1 Å². The molecule has 0 amide bonds. The lowest BCUT2D eigenvalue weighted by Crippen LogP contribution is -2.20. The fourth-order valence-corrected chi connectivity index (χ4v) is 1.67. The number of nitrogens with zero attached hydrogens (tertiary/aromatic N) is 2. The molecule has 0 saturated heterocycles. The summed E-state index contributed by atoms with van der Waals surface area (Å²) in [5.74, 6) is 0.262. The molecular weight excluding hydrogens is 240 g/mol. The summed E-state index contributed by atoms with van der Waals surface area (Å²) in [5, 5.41) is 8.62. The largest absolute Gasteiger partial charge is 0.483 e. The van der Waals surface area contributed by atoms with Gasteiger partial charge in [-0.1, -0.05) is 29.8 Å². The van der Waals surface area contributed by atoms with Crippen molar-refractivity contribution in [2.24, 2.45) is 0 Å². The van der Waals surface area contributed by atoms with Crippen molar-refractivity contribution in [3.05, 3.63) is 64.1 Å². The molecule has 0 radical (unpaired) electrons. The van der Waals surface area contributed by atoms with E-state index < -0.39 is 0 Å². The van der Waals surface area contributed by atoms with E-state index in [1.165, 1.54) is 10.1 Å². The van der Waals surface area contributed by atoms with Gasteiger partial charge in [0.2, 0.25) is 0 Å². The molecule has 1 heterocycles. The van der Waals surface area contributed by atoms with Crippen LogP contribution in [-0.4, -0.2) is 4.57 Å². The third kappa shape index (κ3) is 3.23. The van der Waals surface area contributed by atoms with Crippen LogP contribution < -0.4 is 10.3 Å². The maximum absolute atomic E-state index is 11.9. The van der Waals surface area contributed by atoms with Crippen LogP contribution in [0.4, 0.5) is 0 Å². The van der Waals surface area contributed by atoms with Gasteiger partial charge in [-0.05, 0) is 24.6 Å². The van der Waals surface area contributed by atoms with E-state index in [9.17, 15) is 4.79 Å². The number of pyridine rings is 1. The molecule has 0 aliphatic carbocycles. The molecule has 1 aromatic heterocycles. The van der Waals surface area contributed by atoms with Gasteiger partial charge < -0.3 is 4.74 Å². The van der Waals surface area contributed by atoms with Crippen molar-refractivity contribution in [3.8, 4) is 11.8 Å². The number of aromatic nitrogens is 1. The smallest absolute Gasteiger partial charge is 0.293 e. The predicted molar refractivity (Wildman–Crippen MR) is 71.8 cm³/mol. The minimum Gasteiger partial charge on any atom is -0.483 e. The topological polar surface area (TPSA) is 55.0 Å². The minimum absolute atomic E-state index is 0.0283. The third-order valence-corrected chi connectivity index (χ3v) is 2.74. The summed E-state index contributed by atoms with van der Waals surface area (Å²) >= 11 is 0. The Balaban J connectivity index is 2.12. The molecule has 0 aliphatic rings. The van der Waals surface area contributed by atoms with Crippen LogP contribution in [0, 0.1) is 18.3 Å². The summed E-state index contributed by atoms with van der Waals surface area (Å²) < 4.78 is 6.83. The zero-order valence-corrected chi connectivity index (χ0v) is 10.7. The Labute approximate surface area is 111 Å². The number of ether oxygens (including phenoxy) is 1. The van der Waals surface area contributed by atoms with Crippen LogP contribution in [0.15, 0.2) is 47.4 Å². The molecule has 2 rings (SSSR count). The lowest BCUT2D eigenvalue weighted by Gasteiger charge is -2.07. The Morgan fingerprint density at radius 3 is 2.68 bits per heavy atom. The second-order valence-corrected chi connectivity index (χ2v) is 4.24. The first-order valence-corrected chi connectivity index (χ1v) is 5.95. The van der Waals surface area contributed by atoms with Gasteiger partial charge in [0.15, 0.2) is 5.75 Å². The van der Waals surface area contributed by atoms with Gasteiger partial charge in [-0.2, -0.15) is 5.26 Å². The molecule has 2 aromatic rings. The highest BCUT2D eigenvalue weighted by molar-refractivity contribution is 5.22.